The molecular formula is C19H23N3O2S. The number of carbonyl (C=O) groups excluding carboxylic acids is 1. The lowest BCUT2D eigenvalue weighted by molar-refractivity contribution is -0.119. The summed E-state index contributed by atoms with van der Waals surface area (Å²) in [4.78, 5) is 19.5. The number of anilines is 1. The largest absolute Gasteiger partial charge is 0.361 e. The molecule has 0 aliphatic rings. The number of amides is 1. The third kappa shape index (κ3) is 3.58. The molecule has 1 unspecified atom stereocenters. The van der Waals surface area contributed by atoms with Crippen LogP contribution in [-0.2, 0) is 11.2 Å². The number of aryl methyl sites for hydroxylation is 2. The van der Waals surface area contributed by atoms with Crippen molar-refractivity contribution in [1.29, 1.82) is 0 Å². The van der Waals surface area contributed by atoms with E-state index in [9.17, 15) is 4.79 Å². The number of aromatic nitrogens is 2. The highest BCUT2D eigenvalue weighted by molar-refractivity contribution is 7.22. The fourth-order valence-electron chi connectivity index (χ4n) is 2.90. The summed E-state index contributed by atoms with van der Waals surface area (Å²) in [7, 11) is 0. The molecule has 0 fully saturated rings. The normalized spacial score (nSPS) is 12.5. The van der Waals surface area contributed by atoms with E-state index in [1.165, 1.54) is 0 Å². The molecule has 2 aromatic heterocycles. The first-order valence-electron chi connectivity index (χ1n) is 8.60. The molecule has 3 aromatic rings. The molecule has 1 atom stereocenters. The maximum Gasteiger partial charge on any atom is 0.229 e. The Morgan fingerprint density at radius 2 is 2.08 bits per heavy atom. The number of thiazole rings is 1. The molecule has 25 heavy (non-hydrogen) atoms. The average molecular weight is 357 g/mol. The molecule has 0 saturated carbocycles. The summed E-state index contributed by atoms with van der Waals surface area (Å²) >= 11 is 1.57. The van der Waals surface area contributed by atoms with Crippen molar-refractivity contribution < 1.29 is 9.32 Å². The molecule has 132 valence electrons. The molecule has 0 radical (unpaired) electrons. The van der Waals surface area contributed by atoms with Crippen LogP contribution in [0.1, 0.15) is 43.7 Å². The van der Waals surface area contributed by atoms with Gasteiger partial charge in [-0.2, -0.15) is 0 Å². The van der Waals surface area contributed by atoms with Gasteiger partial charge in [0.1, 0.15) is 5.76 Å². The predicted molar refractivity (Wildman–Crippen MR) is 101 cm³/mol. The lowest BCUT2D eigenvalue weighted by Crippen LogP contribution is -2.38. The van der Waals surface area contributed by atoms with Crippen molar-refractivity contribution in [3.05, 3.63) is 41.3 Å². The zero-order valence-electron chi connectivity index (χ0n) is 15.1. The van der Waals surface area contributed by atoms with Crippen LogP contribution in [0, 0.1) is 13.8 Å². The first-order chi connectivity index (χ1) is 12.0. The van der Waals surface area contributed by atoms with Gasteiger partial charge in [-0.05, 0) is 45.7 Å². The SMILES string of the molecule is CCC(C)N(C(=O)CCc1c(C)noc1C)c1nc2ccccc2s1. The molecule has 3 rings (SSSR count). The molecule has 0 spiro atoms. The number of hydrogen-bond acceptors (Lipinski definition) is 5. The lowest BCUT2D eigenvalue weighted by atomic mass is 10.1. The Morgan fingerprint density at radius 3 is 2.72 bits per heavy atom. The summed E-state index contributed by atoms with van der Waals surface area (Å²) in [5.74, 6) is 0.883. The maximum absolute atomic E-state index is 13.0. The van der Waals surface area contributed by atoms with Gasteiger partial charge in [0.05, 0.1) is 15.9 Å². The van der Waals surface area contributed by atoms with E-state index in [0.29, 0.717) is 12.8 Å². The van der Waals surface area contributed by atoms with E-state index in [0.717, 1.165) is 38.8 Å². The van der Waals surface area contributed by atoms with E-state index in [1.807, 2.05) is 43.0 Å². The van der Waals surface area contributed by atoms with Gasteiger partial charge in [0.15, 0.2) is 5.13 Å². The highest BCUT2D eigenvalue weighted by atomic mass is 32.1. The van der Waals surface area contributed by atoms with Crippen molar-refractivity contribution in [2.75, 3.05) is 4.90 Å². The Balaban J connectivity index is 1.83. The first kappa shape index (κ1) is 17.6. The molecule has 6 heteroatoms. The Bertz CT molecular complexity index is 831. The smallest absolute Gasteiger partial charge is 0.229 e. The molecule has 0 saturated heterocycles. The van der Waals surface area contributed by atoms with Gasteiger partial charge in [-0.1, -0.05) is 35.5 Å². The Morgan fingerprint density at radius 1 is 1.32 bits per heavy atom. The zero-order valence-corrected chi connectivity index (χ0v) is 15.9. The first-order valence-corrected chi connectivity index (χ1v) is 9.42. The van der Waals surface area contributed by atoms with E-state index in [-0.39, 0.29) is 11.9 Å². The quantitative estimate of drug-likeness (QED) is 0.643. The van der Waals surface area contributed by atoms with Crippen LogP contribution in [0.4, 0.5) is 5.13 Å². The van der Waals surface area contributed by atoms with Crippen molar-refractivity contribution >= 4 is 32.6 Å². The molecular weight excluding hydrogens is 334 g/mol. The van der Waals surface area contributed by atoms with Gasteiger partial charge >= 0.3 is 0 Å². The van der Waals surface area contributed by atoms with Crippen molar-refractivity contribution in [2.45, 2.75) is 53.0 Å². The highest BCUT2D eigenvalue weighted by Crippen LogP contribution is 2.31. The van der Waals surface area contributed by atoms with E-state index in [1.54, 1.807) is 11.3 Å². The van der Waals surface area contributed by atoms with E-state index < -0.39 is 0 Å². The van der Waals surface area contributed by atoms with E-state index in [4.69, 9.17) is 4.52 Å². The Labute approximate surface area is 151 Å². The van der Waals surface area contributed by atoms with Crippen LogP contribution >= 0.6 is 11.3 Å². The Hall–Kier alpha value is -2.21. The number of para-hydroxylation sites is 1. The molecule has 2 heterocycles. The van der Waals surface area contributed by atoms with Gasteiger partial charge in [-0.3, -0.25) is 9.69 Å². The van der Waals surface area contributed by atoms with Gasteiger partial charge in [-0.25, -0.2) is 4.98 Å². The van der Waals surface area contributed by atoms with Crippen molar-refractivity contribution in [3.63, 3.8) is 0 Å². The molecule has 0 aliphatic carbocycles. The number of fused-ring (bicyclic) bond motifs is 1. The van der Waals surface area contributed by atoms with E-state index >= 15 is 0 Å². The molecule has 0 aliphatic heterocycles. The number of benzene rings is 1. The van der Waals surface area contributed by atoms with Gasteiger partial charge in [-0.15, -0.1) is 0 Å². The number of hydrogen-bond donors (Lipinski definition) is 0. The monoisotopic (exact) mass is 357 g/mol. The summed E-state index contributed by atoms with van der Waals surface area (Å²) in [6.07, 6.45) is 1.94. The third-order valence-electron chi connectivity index (χ3n) is 4.56. The molecule has 1 aromatic carbocycles. The van der Waals surface area contributed by atoms with Gasteiger partial charge in [0.2, 0.25) is 5.91 Å². The minimum atomic E-state index is 0.0911. The lowest BCUT2D eigenvalue weighted by Gasteiger charge is -2.26. The number of carbonyl (C=O) groups is 1. The predicted octanol–water partition coefficient (Wildman–Crippen LogP) is 4.67. The number of rotatable bonds is 6. The summed E-state index contributed by atoms with van der Waals surface area (Å²) in [5, 5.41) is 4.74. The van der Waals surface area contributed by atoms with Crippen LogP contribution in [0.5, 0.6) is 0 Å². The highest BCUT2D eigenvalue weighted by Gasteiger charge is 2.24. The second-order valence-corrected chi connectivity index (χ2v) is 7.30. The fourth-order valence-corrected chi connectivity index (χ4v) is 3.98. The third-order valence-corrected chi connectivity index (χ3v) is 5.59. The van der Waals surface area contributed by atoms with Crippen molar-refractivity contribution in [3.8, 4) is 0 Å². The average Bonchev–Trinajstić information content (AvgIpc) is 3.16. The zero-order chi connectivity index (χ0) is 18.0. The summed E-state index contributed by atoms with van der Waals surface area (Å²) in [5.41, 5.74) is 2.83. The maximum atomic E-state index is 13.0. The minimum absolute atomic E-state index is 0.0911. The van der Waals surface area contributed by atoms with Gasteiger partial charge < -0.3 is 4.52 Å². The molecule has 5 nitrogen and oxygen atoms in total. The molecule has 0 bridgehead atoms. The standard InChI is InChI=1S/C19H23N3O2S/c1-5-12(2)22(19-20-16-8-6-7-9-17(16)25-19)18(23)11-10-15-13(3)21-24-14(15)4/h6-9,12H,5,10-11H2,1-4H3. The van der Waals surface area contributed by atoms with Crippen LogP contribution in [0.2, 0.25) is 0 Å². The van der Waals surface area contributed by atoms with Gasteiger partial charge in [0.25, 0.3) is 0 Å². The molecule has 0 N–H and O–H groups in total. The molecule has 1 amide bonds. The van der Waals surface area contributed by atoms with Crippen LogP contribution in [0.3, 0.4) is 0 Å². The number of nitrogens with zero attached hydrogens (tertiary/aromatic N) is 3. The fraction of sp³-hybridized carbons (Fsp3) is 0.421. The minimum Gasteiger partial charge on any atom is -0.361 e. The van der Waals surface area contributed by atoms with E-state index in [2.05, 4.69) is 24.0 Å². The second-order valence-electron chi connectivity index (χ2n) is 6.29. The van der Waals surface area contributed by atoms with Crippen molar-refractivity contribution in [2.24, 2.45) is 0 Å². The van der Waals surface area contributed by atoms with Crippen LogP contribution < -0.4 is 4.90 Å². The summed E-state index contributed by atoms with van der Waals surface area (Å²) < 4.78 is 6.30. The van der Waals surface area contributed by atoms with Crippen LogP contribution in [0.15, 0.2) is 28.8 Å². The van der Waals surface area contributed by atoms with Gasteiger partial charge in [0, 0.05) is 18.0 Å². The Kier molecular flexibility index (Phi) is 5.18. The summed E-state index contributed by atoms with van der Waals surface area (Å²) in [6, 6.07) is 8.10. The van der Waals surface area contributed by atoms with Crippen molar-refractivity contribution in [1.82, 2.24) is 10.1 Å². The topological polar surface area (TPSA) is 59.2 Å². The second kappa shape index (κ2) is 7.35. The summed E-state index contributed by atoms with van der Waals surface area (Å²) in [6.45, 7) is 7.96. The van der Waals surface area contributed by atoms with Crippen LogP contribution in [-0.4, -0.2) is 22.1 Å². The van der Waals surface area contributed by atoms with Crippen LogP contribution in [0.25, 0.3) is 10.2 Å².